The summed E-state index contributed by atoms with van der Waals surface area (Å²) in [7, 11) is 1.78. The fourth-order valence-electron chi connectivity index (χ4n) is 2.59. The monoisotopic (exact) mass is 333 g/mol. The quantitative estimate of drug-likeness (QED) is 0.489. The van der Waals surface area contributed by atoms with Gasteiger partial charge in [-0.3, -0.25) is 0 Å². The van der Waals surface area contributed by atoms with Crippen molar-refractivity contribution < 1.29 is 4.79 Å². The van der Waals surface area contributed by atoms with Crippen molar-refractivity contribution in [2.45, 2.75) is 6.04 Å². The van der Waals surface area contributed by atoms with E-state index in [-0.39, 0.29) is 11.3 Å². The van der Waals surface area contributed by atoms with E-state index < -0.39 is 0 Å². The number of allylic oxidation sites excluding steroid dienone is 3. The van der Waals surface area contributed by atoms with E-state index in [1.54, 1.807) is 25.4 Å². The maximum atomic E-state index is 11.6. The van der Waals surface area contributed by atoms with E-state index >= 15 is 0 Å². The second kappa shape index (κ2) is 7.78. The van der Waals surface area contributed by atoms with Crippen LogP contribution in [-0.2, 0) is 4.79 Å². The number of aromatic nitrogens is 2. The first-order chi connectivity index (χ1) is 11.1. The zero-order chi connectivity index (χ0) is 16.8. The first-order valence-corrected chi connectivity index (χ1v) is 7.64. The van der Waals surface area contributed by atoms with Gasteiger partial charge in [-0.25, -0.2) is 4.98 Å². The Balaban J connectivity index is 2.28. The normalized spacial score (nSPS) is 18.5. The lowest BCUT2D eigenvalue weighted by Gasteiger charge is -2.41. The van der Waals surface area contributed by atoms with Crippen LogP contribution in [0.15, 0.2) is 43.3 Å². The Labute approximate surface area is 141 Å². The molecule has 23 heavy (non-hydrogen) atoms. The highest BCUT2D eigenvalue weighted by Gasteiger charge is 2.29. The Bertz CT molecular complexity index is 631. The van der Waals surface area contributed by atoms with Gasteiger partial charge in [0.15, 0.2) is 5.82 Å². The summed E-state index contributed by atoms with van der Waals surface area (Å²) in [5.41, 5.74) is 1.68. The molecule has 0 radical (unpaired) electrons. The smallest absolute Gasteiger partial charge is 0.224 e. The predicted octanol–water partition coefficient (Wildman–Crippen LogP) is 2.12. The number of hydrogen-bond acceptors (Lipinski definition) is 6. The van der Waals surface area contributed by atoms with Crippen LogP contribution in [-0.4, -0.2) is 53.9 Å². The van der Waals surface area contributed by atoms with Crippen molar-refractivity contribution in [1.29, 1.82) is 0 Å². The van der Waals surface area contributed by atoms with E-state index in [4.69, 9.17) is 11.6 Å². The molecule has 0 aromatic carbocycles. The molecule has 2 rings (SSSR count). The Morgan fingerprint density at radius 1 is 1.48 bits per heavy atom. The molecule has 0 aliphatic carbocycles. The van der Waals surface area contributed by atoms with Crippen LogP contribution in [0.25, 0.3) is 0 Å². The van der Waals surface area contributed by atoms with Gasteiger partial charge in [-0.15, -0.1) is 0 Å². The molecule has 1 saturated heterocycles. The van der Waals surface area contributed by atoms with Gasteiger partial charge in [0.1, 0.15) is 12.3 Å². The second-order valence-corrected chi connectivity index (χ2v) is 5.34. The topological polar surface area (TPSA) is 61.4 Å². The van der Waals surface area contributed by atoms with Gasteiger partial charge >= 0.3 is 0 Å². The third kappa shape index (κ3) is 3.71. The molecule has 6 nitrogen and oxygen atoms in total. The molecule has 1 fully saturated rings. The van der Waals surface area contributed by atoms with Crippen LogP contribution < -0.4 is 10.2 Å². The third-order valence-electron chi connectivity index (χ3n) is 3.72. The highest BCUT2D eigenvalue weighted by molar-refractivity contribution is 6.28. The summed E-state index contributed by atoms with van der Waals surface area (Å²) in [5.74, 6) is 0.636. The van der Waals surface area contributed by atoms with E-state index in [1.165, 1.54) is 0 Å². The summed E-state index contributed by atoms with van der Waals surface area (Å²) in [4.78, 5) is 23.9. The lowest BCUT2D eigenvalue weighted by molar-refractivity contribution is -0.109. The van der Waals surface area contributed by atoms with Gasteiger partial charge in [-0.1, -0.05) is 19.2 Å². The minimum absolute atomic E-state index is 0.157. The summed E-state index contributed by atoms with van der Waals surface area (Å²) >= 11 is 5.92. The Morgan fingerprint density at radius 2 is 2.26 bits per heavy atom. The molecule has 2 heterocycles. The molecule has 7 heteroatoms. The van der Waals surface area contributed by atoms with Gasteiger partial charge in [0, 0.05) is 32.4 Å². The van der Waals surface area contributed by atoms with Crippen LogP contribution in [0.5, 0.6) is 0 Å². The molecule has 1 aromatic heterocycles. The standard InChI is InChI=1S/C16H20ClN5O/c1-4-6-12(5-2)21-7-8-22(13(10-21)11-23)15-14(18-3)9-19-16(17)20-15/h4-6,9,11,13,18H,1-2,7-8,10H2,3H3/b12-6+. The van der Waals surface area contributed by atoms with Crippen LogP contribution >= 0.6 is 11.6 Å². The SMILES string of the molecule is C=C/C=C(\C=C)N1CCN(c2nc(Cl)ncc2NC)C(C=O)C1. The fourth-order valence-corrected chi connectivity index (χ4v) is 2.72. The molecular formula is C16H20ClN5O. The number of nitrogens with zero attached hydrogens (tertiary/aromatic N) is 4. The summed E-state index contributed by atoms with van der Waals surface area (Å²) in [6.07, 6.45) is 7.90. The zero-order valence-electron chi connectivity index (χ0n) is 13.1. The summed E-state index contributed by atoms with van der Waals surface area (Å²) in [6, 6.07) is -0.338. The number of hydrogen-bond donors (Lipinski definition) is 1. The van der Waals surface area contributed by atoms with Crippen molar-refractivity contribution >= 4 is 29.4 Å². The highest BCUT2D eigenvalue weighted by Crippen LogP contribution is 2.27. The first-order valence-electron chi connectivity index (χ1n) is 7.27. The lowest BCUT2D eigenvalue weighted by atomic mass is 10.1. The Kier molecular flexibility index (Phi) is 5.76. The van der Waals surface area contributed by atoms with Gasteiger partial charge in [-0.05, 0) is 23.8 Å². The van der Waals surface area contributed by atoms with Crippen molar-refractivity contribution in [2.24, 2.45) is 0 Å². The van der Waals surface area contributed by atoms with Crippen LogP contribution in [0.1, 0.15) is 0 Å². The maximum absolute atomic E-state index is 11.6. The van der Waals surface area contributed by atoms with Crippen LogP contribution in [0.3, 0.4) is 0 Å². The van der Waals surface area contributed by atoms with E-state index in [1.807, 2.05) is 11.0 Å². The molecule has 0 bridgehead atoms. The number of carbonyl (C=O) groups is 1. The van der Waals surface area contributed by atoms with Crippen molar-refractivity contribution in [3.63, 3.8) is 0 Å². The average molecular weight is 334 g/mol. The molecule has 1 unspecified atom stereocenters. The van der Waals surface area contributed by atoms with Crippen molar-refractivity contribution in [3.8, 4) is 0 Å². The Morgan fingerprint density at radius 3 is 2.87 bits per heavy atom. The van der Waals surface area contributed by atoms with Crippen LogP contribution in [0.2, 0.25) is 5.28 Å². The maximum Gasteiger partial charge on any atom is 0.224 e. The molecule has 1 aliphatic heterocycles. The van der Waals surface area contributed by atoms with Crippen LogP contribution in [0.4, 0.5) is 11.5 Å². The lowest BCUT2D eigenvalue weighted by Crippen LogP contribution is -2.54. The Hall–Kier alpha value is -2.34. The van der Waals surface area contributed by atoms with E-state index in [0.29, 0.717) is 18.9 Å². The van der Waals surface area contributed by atoms with Gasteiger partial charge in [0.25, 0.3) is 0 Å². The summed E-state index contributed by atoms with van der Waals surface area (Å²) in [6.45, 7) is 9.43. The van der Waals surface area contributed by atoms with E-state index in [9.17, 15) is 4.79 Å². The number of nitrogens with one attached hydrogen (secondary N) is 1. The molecule has 1 aliphatic rings. The predicted molar refractivity (Wildman–Crippen MR) is 93.8 cm³/mol. The molecule has 1 aromatic rings. The fraction of sp³-hybridized carbons (Fsp3) is 0.312. The number of anilines is 2. The van der Waals surface area contributed by atoms with Gasteiger partial charge in [-0.2, -0.15) is 4.98 Å². The average Bonchev–Trinajstić information content (AvgIpc) is 2.59. The van der Waals surface area contributed by atoms with Crippen molar-refractivity contribution in [2.75, 3.05) is 36.9 Å². The molecule has 0 amide bonds. The first kappa shape index (κ1) is 17.0. The minimum Gasteiger partial charge on any atom is -0.384 e. The number of halogens is 1. The van der Waals surface area contributed by atoms with Gasteiger partial charge in [0.05, 0.1) is 11.9 Å². The van der Waals surface area contributed by atoms with Gasteiger partial charge < -0.3 is 19.9 Å². The van der Waals surface area contributed by atoms with E-state index in [2.05, 4.69) is 33.3 Å². The molecule has 0 saturated carbocycles. The molecule has 1 atom stereocenters. The summed E-state index contributed by atoms with van der Waals surface area (Å²) in [5, 5.41) is 3.19. The highest BCUT2D eigenvalue weighted by atomic mass is 35.5. The van der Waals surface area contributed by atoms with Gasteiger partial charge in [0.2, 0.25) is 5.28 Å². The minimum atomic E-state index is -0.338. The van der Waals surface area contributed by atoms with Crippen molar-refractivity contribution in [1.82, 2.24) is 14.9 Å². The second-order valence-electron chi connectivity index (χ2n) is 5.00. The molecule has 0 spiro atoms. The zero-order valence-corrected chi connectivity index (χ0v) is 13.8. The largest absolute Gasteiger partial charge is 0.384 e. The molecular weight excluding hydrogens is 314 g/mol. The van der Waals surface area contributed by atoms with E-state index in [0.717, 1.165) is 24.2 Å². The number of rotatable bonds is 6. The number of piperazine rings is 1. The molecule has 1 N–H and O–H groups in total. The van der Waals surface area contributed by atoms with Crippen molar-refractivity contribution in [3.05, 3.63) is 48.6 Å². The summed E-state index contributed by atoms with van der Waals surface area (Å²) < 4.78 is 0. The van der Waals surface area contributed by atoms with Crippen LogP contribution in [0, 0.1) is 0 Å². The molecule has 122 valence electrons. The third-order valence-corrected chi connectivity index (χ3v) is 3.90. The number of carbonyl (C=O) groups excluding carboxylic acids is 1. The number of aldehydes is 1.